The van der Waals surface area contributed by atoms with Crippen LogP contribution < -0.4 is 4.74 Å². The number of rotatable bonds is 6. The summed E-state index contributed by atoms with van der Waals surface area (Å²) in [5.41, 5.74) is 1.26. The Morgan fingerprint density at radius 3 is 1.14 bits per heavy atom. The molecule has 4 heterocycles. The van der Waals surface area contributed by atoms with Crippen LogP contribution in [0.1, 0.15) is 9.75 Å². The van der Waals surface area contributed by atoms with E-state index in [9.17, 15) is 26.3 Å². The zero-order valence-corrected chi connectivity index (χ0v) is 23.2. The highest BCUT2D eigenvalue weighted by atomic mass is 32.1. The number of aromatic nitrogens is 4. The largest absolute Gasteiger partial charge is 0.457 e. The highest BCUT2D eigenvalue weighted by Gasteiger charge is 2.38. The van der Waals surface area contributed by atoms with E-state index in [-0.39, 0.29) is 21.4 Å². The number of nitrogens with zero attached hydrogens (tertiary/aromatic N) is 4. The van der Waals surface area contributed by atoms with Crippen molar-refractivity contribution < 1.29 is 31.1 Å². The molecule has 0 N–H and O–H groups in total. The maximum absolute atomic E-state index is 13.7. The van der Waals surface area contributed by atoms with Gasteiger partial charge in [-0.05, 0) is 72.8 Å². The van der Waals surface area contributed by atoms with Crippen molar-refractivity contribution in [1.29, 1.82) is 0 Å². The fourth-order valence-electron chi connectivity index (χ4n) is 4.15. The first-order valence-corrected chi connectivity index (χ1v) is 14.0. The average molecular weight is 627 g/mol. The summed E-state index contributed by atoms with van der Waals surface area (Å²) < 4.78 is 88.3. The molecule has 0 atom stereocenters. The number of alkyl halides is 6. The number of ether oxygens (including phenoxy) is 1. The molecular weight excluding hydrogens is 610 g/mol. The molecule has 13 heteroatoms. The third kappa shape index (κ3) is 6.13. The van der Waals surface area contributed by atoms with Gasteiger partial charge in [-0.2, -0.15) is 26.3 Å². The van der Waals surface area contributed by atoms with Crippen molar-refractivity contribution in [3.8, 4) is 55.2 Å². The first kappa shape index (κ1) is 28.5. The molecule has 0 saturated carbocycles. The molecule has 0 aliphatic rings. The van der Waals surface area contributed by atoms with Gasteiger partial charge in [-0.1, -0.05) is 0 Å². The van der Waals surface area contributed by atoms with E-state index in [1.807, 2.05) is 0 Å². The van der Waals surface area contributed by atoms with E-state index in [2.05, 4.69) is 19.9 Å². The predicted molar refractivity (Wildman–Crippen MR) is 152 cm³/mol. The summed E-state index contributed by atoms with van der Waals surface area (Å²) in [7, 11) is 0. The van der Waals surface area contributed by atoms with Crippen molar-refractivity contribution in [2.75, 3.05) is 0 Å². The molecule has 0 aliphatic heterocycles. The van der Waals surface area contributed by atoms with Gasteiger partial charge in [-0.25, -0.2) is 9.97 Å². The fourth-order valence-corrected chi connectivity index (χ4v) is 6.07. The lowest BCUT2D eigenvalue weighted by Gasteiger charge is -2.07. The maximum atomic E-state index is 13.7. The van der Waals surface area contributed by atoms with Crippen LogP contribution in [0.4, 0.5) is 26.3 Å². The summed E-state index contributed by atoms with van der Waals surface area (Å²) in [6, 6.07) is 18.7. The molecule has 0 radical (unpaired) electrons. The Kier molecular flexibility index (Phi) is 7.44. The van der Waals surface area contributed by atoms with Crippen LogP contribution in [0.3, 0.4) is 0 Å². The van der Waals surface area contributed by atoms with Gasteiger partial charge in [0, 0.05) is 47.0 Å². The highest BCUT2D eigenvalue weighted by Crippen LogP contribution is 2.45. The molecule has 6 aromatic rings. The van der Waals surface area contributed by atoms with Gasteiger partial charge in [0.05, 0.1) is 11.4 Å². The van der Waals surface area contributed by atoms with E-state index in [1.165, 1.54) is 49.1 Å². The van der Waals surface area contributed by atoms with Gasteiger partial charge in [0.2, 0.25) is 0 Å². The normalized spacial score (nSPS) is 12.0. The Balaban J connectivity index is 1.21. The molecular formula is C30H16F6N4OS2. The Morgan fingerprint density at radius 2 is 0.814 bits per heavy atom. The smallest absolute Gasteiger partial charge is 0.427 e. The molecule has 6 rings (SSSR count). The molecule has 0 unspecified atom stereocenters. The molecule has 0 fully saturated rings. The first-order valence-electron chi connectivity index (χ1n) is 12.4. The quantitative estimate of drug-likeness (QED) is 0.172. The molecule has 4 aromatic heterocycles. The van der Waals surface area contributed by atoms with Crippen LogP contribution in [0.25, 0.3) is 43.7 Å². The topological polar surface area (TPSA) is 60.8 Å². The zero-order chi connectivity index (χ0) is 30.2. The zero-order valence-electron chi connectivity index (χ0n) is 21.5. The van der Waals surface area contributed by atoms with Crippen molar-refractivity contribution in [1.82, 2.24) is 19.9 Å². The Bertz CT molecular complexity index is 1720. The van der Waals surface area contributed by atoms with Crippen LogP contribution >= 0.6 is 22.7 Å². The second-order valence-electron chi connectivity index (χ2n) is 9.01. The maximum Gasteiger partial charge on any atom is 0.427 e. The SMILES string of the molecule is FC(F)(F)c1sc(-c2ccc(Oc3ccc(-c4nc(-c5ccncc5)c(C(F)(F)F)s4)cc3)cc2)nc1-c1ccncc1. The van der Waals surface area contributed by atoms with Gasteiger partial charge >= 0.3 is 12.4 Å². The minimum atomic E-state index is -4.57. The summed E-state index contributed by atoms with van der Waals surface area (Å²) in [4.78, 5) is 14.6. The van der Waals surface area contributed by atoms with Gasteiger partial charge in [0.25, 0.3) is 0 Å². The lowest BCUT2D eigenvalue weighted by molar-refractivity contribution is -0.134. The lowest BCUT2D eigenvalue weighted by Crippen LogP contribution is -2.03. The number of hydrogen-bond donors (Lipinski definition) is 0. The van der Waals surface area contributed by atoms with Gasteiger partial charge in [0.1, 0.15) is 31.3 Å². The Labute approximate surface area is 248 Å². The number of thiazole rings is 2. The van der Waals surface area contributed by atoms with Crippen molar-refractivity contribution >= 4 is 22.7 Å². The van der Waals surface area contributed by atoms with E-state index >= 15 is 0 Å². The molecule has 0 bridgehead atoms. The van der Waals surface area contributed by atoms with Crippen LogP contribution in [0.5, 0.6) is 11.5 Å². The first-order chi connectivity index (χ1) is 20.6. The van der Waals surface area contributed by atoms with Gasteiger partial charge in [-0.15, -0.1) is 22.7 Å². The summed E-state index contributed by atoms with van der Waals surface area (Å²) >= 11 is 1.10. The number of pyridine rings is 2. The van der Waals surface area contributed by atoms with E-state index in [4.69, 9.17) is 4.74 Å². The minimum absolute atomic E-state index is 0.161. The van der Waals surface area contributed by atoms with E-state index in [1.54, 1.807) is 48.5 Å². The molecule has 5 nitrogen and oxygen atoms in total. The Morgan fingerprint density at radius 1 is 0.465 bits per heavy atom. The molecule has 0 aliphatic carbocycles. The molecule has 2 aromatic carbocycles. The van der Waals surface area contributed by atoms with Gasteiger partial charge in [-0.3, -0.25) is 9.97 Å². The molecule has 0 spiro atoms. The van der Waals surface area contributed by atoms with E-state index in [0.717, 1.165) is 0 Å². The average Bonchev–Trinajstić information content (AvgIpc) is 3.66. The molecule has 43 heavy (non-hydrogen) atoms. The summed E-state index contributed by atoms with van der Waals surface area (Å²) in [6.45, 7) is 0. The van der Waals surface area contributed by atoms with Crippen LogP contribution in [0.15, 0.2) is 97.6 Å². The second kappa shape index (κ2) is 11.2. The van der Waals surface area contributed by atoms with Gasteiger partial charge < -0.3 is 4.74 Å². The number of halogens is 6. The summed E-state index contributed by atoms with van der Waals surface area (Å²) in [5, 5.41) is 0.394. The summed E-state index contributed by atoms with van der Waals surface area (Å²) in [5.74, 6) is 0.819. The number of hydrogen-bond acceptors (Lipinski definition) is 7. The second-order valence-corrected chi connectivity index (χ2v) is 11.0. The third-order valence-corrected chi connectivity index (χ3v) is 8.41. The minimum Gasteiger partial charge on any atom is -0.457 e. The van der Waals surface area contributed by atoms with Crippen LogP contribution in [-0.2, 0) is 12.4 Å². The molecule has 216 valence electrons. The van der Waals surface area contributed by atoms with Crippen molar-refractivity contribution in [3.63, 3.8) is 0 Å². The monoisotopic (exact) mass is 626 g/mol. The van der Waals surface area contributed by atoms with Crippen molar-refractivity contribution in [2.45, 2.75) is 12.4 Å². The standard InChI is InChI=1S/C30H16F6N4OS2/c31-29(32,33)25-23(17-9-13-37-14-10-17)39-27(42-25)19-1-5-21(6-2-19)41-22-7-3-20(4-8-22)28-40-24(18-11-15-38-16-12-18)26(43-28)30(34,35)36/h1-16H. The number of benzene rings is 2. The van der Waals surface area contributed by atoms with E-state index < -0.39 is 22.1 Å². The third-order valence-electron chi connectivity index (χ3n) is 6.12. The van der Waals surface area contributed by atoms with Crippen LogP contribution in [0.2, 0.25) is 0 Å². The fraction of sp³-hybridized carbons (Fsp3) is 0.0667. The molecule has 0 saturated heterocycles. The summed E-state index contributed by atoms with van der Waals surface area (Å²) in [6.07, 6.45) is -3.52. The van der Waals surface area contributed by atoms with Crippen molar-refractivity contribution in [3.05, 3.63) is 107 Å². The molecule has 0 amide bonds. The Hall–Kier alpha value is -4.62. The van der Waals surface area contributed by atoms with Crippen LogP contribution in [0, 0.1) is 0 Å². The van der Waals surface area contributed by atoms with Crippen molar-refractivity contribution in [2.24, 2.45) is 0 Å². The van der Waals surface area contributed by atoms with Gasteiger partial charge in [0.15, 0.2) is 0 Å². The lowest BCUT2D eigenvalue weighted by atomic mass is 10.1. The highest BCUT2D eigenvalue weighted by molar-refractivity contribution is 7.16. The van der Waals surface area contributed by atoms with Crippen LogP contribution in [-0.4, -0.2) is 19.9 Å². The predicted octanol–water partition coefficient (Wildman–Crippen LogP) is 9.89. The van der Waals surface area contributed by atoms with E-state index in [0.29, 0.717) is 56.4 Å².